The fraction of sp³-hybridized carbons (Fsp3) is 0.273. The van der Waals surface area contributed by atoms with Crippen LogP contribution in [0.4, 0.5) is 0 Å². The van der Waals surface area contributed by atoms with Crippen LogP contribution < -0.4 is 0 Å². The predicted octanol–water partition coefficient (Wildman–Crippen LogP) is 3.70. The van der Waals surface area contributed by atoms with Crippen LogP contribution in [-0.4, -0.2) is 4.98 Å². The summed E-state index contributed by atoms with van der Waals surface area (Å²) in [6.45, 7) is 0. The molecule has 1 aliphatic carbocycles. The Kier molecular flexibility index (Phi) is 1.44. The first-order valence-electron chi connectivity index (χ1n) is 4.62. The van der Waals surface area contributed by atoms with Crippen molar-refractivity contribution in [3.05, 3.63) is 35.0 Å². The normalized spacial score (nSPS) is 16.7. The number of H-pyrrole nitrogens is 1. The molecule has 0 atom stereocenters. The third-order valence-corrected chi connectivity index (χ3v) is 2.96. The smallest absolute Gasteiger partial charge is 0.0647 e. The van der Waals surface area contributed by atoms with Crippen molar-refractivity contribution in [1.29, 1.82) is 0 Å². The van der Waals surface area contributed by atoms with Gasteiger partial charge in [0.15, 0.2) is 0 Å². The van der Waals surface area contributed by atoms with Crippen LogP contribution in [0.5, 0.6) is 0 Å². The largest absolute Gasteiger partial charge is 0.357 e. The molecule has 1 N–H and O–H groups in total. The molecule has 2 heteroatoms. The maximum absolute atomic E-state index is 6.06. The van der Waals surface area contributed by atoms with Gasteiger partial charge in [0.1, 0.15) is 0 Å². The van der Waals surface area contributed by atoms with Crippen LogP contribution in [0, 0.1) is 0 Å². The zero-order valence-corrected chi connectivity index (χ0v) is 7.93. The van der Waals surface area contributed by atoms with E-state index in [1.165, 1.54) is 23.9 Å². The van der Waals surface area contributed by atoms with Gasteiger partial charge < -0.3 is 4.98 Å². The molecule has 1 fully saturated rings. The van der Waals surface area contributed by atoms with E-state index in [0.717, 1.165) is 16.5 Å². The fourth-order valence-corrected chi connectivity index (χ4v) is 1.98. The minimum Gasteiger partial charge on any atom is -0.357 e. The molecule has 13 heavy (non-hydrogen) atoms. The Morgan fingerprint density at radius 2 is 2.15 bits per heavy atom. The Morgan fingerprint density at radius 3 is 2.85 bits per heavy atom. The lowest BCUT2D eigenvalue weighted by Crippen LogP contribution is -1.75. The summed E-state index contributed by atoms with van der Waals surface area (Å²) >= 11 is 6.06. The third-order valence-electron chi connectivity index (χ3n) is 2.64. The first-order valence-corrected chi connectivity index (χ1v) is 4.99. The average molecular weight is 192 g/mol. The number of para-hydroxylation sites is 1. The zero-order chi connectivity index (χ0) is 8.84. The summed E-state index contributed by atoms with van der Waals surface area (Å²) in [5, 5.41) is 2.05. The van der Waals surface area contributed by atoms with Gasteiger partial charge in [-0.2, -0.15) is 0 Å². The number of fused-ring (bicyclic) bond motifs is 1. The topological polar surface area (TPSA) is 15.8 Å². The molecule has 0 saturated heterocycles. The van der Waals surface area contributed by atoms with E-state index in [1.54, 1.807) is 0 Å². The van der Waals surface area contributed by atoms with Crippen molar-refractivity contribution in [2.45, 2.75) is 18.8 Å². The van der Waals surface area contributed by atoms with Gasteiger partial charge in [-0.1, -0.05) is 23.7 Å². The highest BCUT2D eigenvalue weighted by Gasteiger charge is 2.25. The van der Waals surface area contributed by atoms with Crippen LogP contribution >= 0.6 is 11.6 Å². The fourth-order valence-electron chi connectivity index (χ4n) is 1.76. The third kappa shape index (κ3) is 1.15. The summed E-state index contributed by atoms with van der Waals surface area (Å²) in [6.07, 6.45) is 2.65. The Labute approximate surface area is 81.7 Å². The standard InChI is InChI=1S/C11H10ClN/c12-9-3-1-2-8-6-10(7-4-5-7)13-11(8)9/h1-3,6-7,13H,4-5H2. The van der Waals surface area contributed by atoms with Gasteiger partial charge in [0.05, 0.1) is 10.5 Å². The molecular weight excluding hydrogens is 182 g/mol. The van der Waals surface area contributed by atoms with Crippen molar-refractivity contribution in [2.75, 3.05) is 0 Å². The number of hydrogen-bond acceptors (Lipinski definition) is 0. The Hall–Kier alpha value is -0.950. The molecule has 1 saturated carbocycles. The summed E-state index contributed by atoms with van der Waals surface area (Å²) in [5.74, 6) is 0.767. The molecule has 0 unspecified atom stereocenters. The van der Waals surface area contributed by atoms with Crippen LogP contribution in [-0.2, 0) is 0 Å². The van der Waals surface area contributed by atoms with Gasteiger partial charge in [-0.3, -0.25) is 0 Å². The molecule has 0 aliphatic heterocycles. The minimum absolute atomic E-state index is 0.767. The summed E-state index contributed by atoms with van der Waals surface area (Å²) in [5.41, 5.74) is 2.44. The quantitative estimate of drug-likeness (QED) is 0.708. The highest BCUT2D eigenvalue weighted by atomic mass is 35.5. The van der Waals surface area contributed by atoms with E-state index in [0.29, 0.717) is 0 Å². The molecule has 3 rings (SSSR count). The van der Waals surface area contributed by atoms with Crippen LogP contribution in [0.25, 0.3) is 10.9 Å². The van der Waals surface area contributed by atoms with E-state index in [-0.39, 0.29) is 0 Å². The Morgan fingerprint density at radius 1 is 1.31 bits per heavy atom. The van der Waals surface area contributed by atoms with Gasteiger partial charge in [-0.25, -0.2) is 0 Å². The molecule has 2 aromatic rings. The molecule has 1 heterocycles. The molecule has 0 spiro atoms. The second-order valence-corrected chi connectivity index (χ2v) is 4.11. The first kappa shape index (κ1) is 7.45. The first-order chi connectivity index (χ1) is 6.34. The second kappa shape index (κ2) is 2.52. The number of rotatable bonds is 1. The van der Waals surface area contributed by atoms with Crippen LogP contribution in [0.2, 0.25) is 5.02 Å². The minimum atomic E-state index is 0.767. The van der Waals surface area contributed by atoms with Gasteiger partial charge in [-0.05, 0) is 30.9 Å². The molecule has 0 amide bonds. The lowest BCUT2D eigenvalue weighted by atomic mass is 10.2. The highest BCUT2D eigenvalue weighted by molar-refractivity contribution is 6.35. The van der Waals surface area contributed by atoms with Crippen molar-refractivity contribution >= 4 is 22.5 Å². The molecule has 1 aliphatic rings. The average Bonchev–Trinajstić information content (AvgIpc) is 2.87. The lowest BCUT2D eigenvalue weighted by molar-refractivity contribution is 1.06. The SMILES string of the molecule is Clc1cccc2cc(C3CC3)[nH]c12. The van der Waals surface area contributed by atoms with Crippen LogP contribution in [0.3, 0.4) is 0 Å². The van der Waals surface area contributed by atoms with E-state index >= 15 is 0 Å². The zero-order valence-electron chi connectivity index (χ0n) is 7.18. The van der Waals surface area contributed by atoms with E-state index < -0.39 is 0 Å². The van der Waals surface area contributed by atoms with Crippen molar-refractivity contribution in [3.63, 3.8) is 0 Å². The second-order valence-electron chi connectivity index (χ2n) is 3.70. The van der Waals surface area contributed by atoms with E-state index in [1.807, 2.05) is 12.1 Å². The van der Waals surface area contributed by atoms with Crippen molar-refractivity contribution in [1.82, 2.24) is 4.98 Å². The molecule has 1 aromatic heterocycles. The maximum Gasteiger partial charge on any atom is 0.0647 e. The van der Waals surface area contributed by atoms with Crippen LogP contribution in [0.1, 0.15) is 24.5 Å². The van der Waals surface area contributed by atoms with Crippen molar-refractivity contribution < 1.29 is 0 Å². The summed E-state index contributed by atoms with van der Waals surface area (Å²) in [7, 11) is 0. The molecule has 0 bridgehead atoms. The van der Waals surface area contributed by atoms with Crippen molar-refractivity contribution in [2.24, 2.45) is 0 Å². The number of hydrogen-bond donors (Lipinski definition) is 1. The number of aromatic nitrogens is 1. The van der Waals surface area contributed by atoms with Gasteiger partial charge in [0, 0.05) is 11.1 Å². The van der Waals surface area contributed by atoms with Gasteiger partial charge >= 0.3 is 0 Å². The monoisotopic (exact) mass is 191 g/mol. The van der Waals surface area contributed by atoms with E-state index in [2.05, 4.69) is 17.1 Å². The number of aromatic amines is 1. The van der Waals surface area contributed by atoms with Gasteiger partial charge in [0.25, 0.3) is 0 Å². The number of halogens is 1. The van der Waals surface area contributed by atoms with Gasteiger partial charge in [-0.15, -0.1) is 0 Å². The summed E-state index contributed by atoms with van der Waals surface area (Å²) in [6, 6.07) is 8.24. The van der Waals surface area contributed by atoms with Crippen LogP contribution in [0.15, 0.2) is 24.3 Å². The maximum atomic E-state index is 6.06. The molecular formula is C11H10ClN. The Bertz CT molecular complexity index is 454. The lowest BCUT2D eigenvalue weighted by Gasteiger charge is -1.91. The molecule has 66 valence electrons. The predicted molar refractivity (Wildman–Crippen MR) is 55.3 cm³/mol. The number of benzene rings is 1. The Balaban J connectivity index is 2.26. The highest BCUT2D eigenvalue weighted by Crippen LogP contribution is 2.41. The molecule has 1 nitrogen and oxygen atoms in total. The molecule has 0 radical (unpaired) electrons. The van der Waals surface area contributed by atoms with Crippen molar-refractivity contribution in [3.8, 4) is 0 Å². The van der Waals surface area contributed by atoms with E-state index in [4.69, 9.17) is 11.6 Å². The van der Waals surface area contributed by atoms with Gasteiger partial charge in [0.2, 0.25) is 0 Å². The summed E-state index contributed by atoms with van der Waals surface area (Å²) in [4.78, 5) is 3.39. The molecule has 1 aromatic carbocycles. The summed E-state index contributed by atoms with van der Waals surface area (Å²) < 4.78 is 0. The number of nitrogens with one attached hydrogen (secondary N) is 1. The van der Waals surface area contributed by atoms with E-state index in [9.17, 15) is 0 Å².